The number of rotatable bonds is 10. The maximum Gasteiger partial charge on any atom is 0.307 e. The van der Waals surface area contributed by atoms with Crippen molar-refractivity contribution in [2.45, 2.75) is 116 Å². The molecular weight excluding hydrogens is 388 g/mol. The van der Waals surface area contributed by atoms with Crippen LogP contribution in [0.15, 0.2) is 0 Å². The molecule has 2 unspecified atom stereocenters. The highest BCUT2D eigenvalue weighted by atomic mass is 16.4. The van der Waals surface area contributed by atoms with Crippen LogP contribution in [0.25, 0.3) is 0 Å². The van der Waals surface area contributed by atoms with Crippen LogP contribution in [-0.4, -0.2) is 22.2 Å². The van der Waals surface area contributed by atoms with E-state index in [-0.39, 0.29) is 10.8 Å². The van der Waals surface area contributed by atoms with Crippen molar-refractivity contribution in [3.8, 4) is 0 Å². The highest BCUT2D eigenvalue weighted by Gasteiger charge is 2.53. The van der Waals surface area contributed by atoms with E-state index in [2.05, 4.69) is 41.5 Å². The summed E-state index contributed by atoms with van der Waals surface area (Å²) in [5.74, 6) is -2.76. The lowest BCUT2D eigenvalue weighted by molar-refractivity contribution is -0.159. The van der Waals surface area contributed by atoms with Gasteiger partial charge in [0.1, 0.15) is 0 Å². The largest absolute Gasteiger partial charge is 0.481 e. The predicted molar refractivity (Wildman–Crippen MR) is 130 cm³/mol. The Kier molecular flexibility index (Phi) is 8.75. The van der Waals surface area contributed by atoms with Crippen LogP contribution in [0, 0.1) is 44.3 Å². The van der Waals surface area contributed by atoms with Gasteiger partial charge in [-0.15, -0.1) is 0 Å². The predicted octanol–water partition coefficient (Wildman–Crippen LogP) is 7.76. The van der Waals surface area contributed by atoms with E-state index >= 15 is 0 Å². The van der Waals surface area contributed by atoms with Gasteiger partial charge >= 0.3 is 11.9 Å². The Morgan fingerprint density at radius 2 is 0.677 bits per heavy atom. The van der Waals surface area contributed by atoms with Crippen molar-refractivity contribution in [2.24, 2.45) is 44.3 Å². The van der Waals surface area contributed by atoms with Gasteiger partial charge in [0.2, 0.25) is 0 Å². The van der Waals surface area contributed by atoms with Gasteiger partial charge in [-0.3, -0.25) is 9.59 Å². The lowest BCUT2D eigenvalue weighted by Crippen LogP contribution is -2.49. The van der Waals surface area contributed by atoms with Crippen molar-refractivity contribution in [3.05, 3.63) is 0 Å². The SMILES string of the molecule is CC(C)(C)CC(C)(C)C(C(=O)O)C(C)(C)CC(C)(C)C(C(=O)O)C(C)(C)CC(C)(C)C. The van der Waals surface area contributed by atoms with Gasteiger partial charge in [-0.2, -0.15) is 0 Å². The Balaban J connectivity index is 6.25. The topological polar surface area (TPSA) is 74.6 Å². The minimum atomic E-state index is -0.795. The Bertz CT molecular complexity index is 583. The maximum atomic E-state index is 12.5. The van der Waals surface area contributed by atoms with Crippen LogP contribution < -0.4 is 0 Å². The molecule has 0 aliphatic carbocycles. The van der Waals surface area contributed by atoms with E-state index in [0.717, 1.165) is 12.8 Å². The molecule has 4 heteroatoms. The van der Waals surface area contributed by atoms with Gasteiger partial charge in [0.25, 0.3) is 0 Å². The highest BCUT2D eigenvalue weighted by molar-refractivity contribution is 5.73. The van der Waals surface area contributed by atoms with E-state index in [1.165, 1.54) is 0 Å². The molecule has 0 saturated heterocycles. The van der Waals surface area contributed by atoms with E-state index in [0.29, 0.717) is 6.42 Å². The molecule has 0 radical (unpaired) electrons. The second-order valence-corrected chi connectivity index (χ2v) is 15.1. The monoisotopic (exact) mass is 440 g/mol. The molecule has 0 bridgehead atoms. The smallest absolute Gasteiger partial charge is 0.307 e. The number of hydrogen-bond acceptors (Lipinski definition) is 2. The molecule has 0 heterocycles. The van der Waals surface area contributed by atoms with Crippen LogP contribution in [0.1, 0.15) is 116 Å². The molecule has 31 heavy (non-hydrogen) atoms. The van der Waals surface area contributed by atoms with Crippen molar-refractivity contribution in [2.75, 3.05) is 0 Å². The van der Waals surface area contributed by atoms with Gasteiger partial charge in [0, 0.05) is 0 Å². The van der Waals surface area contributed by atoms with Gasteiger partial charge in [0.15, 0.2) is 0 Å². The third kappa shape index (κ3) is 8.77. The van der Waals surface area contributed by atoms with Crippen molar-refractivity contribution < 1.29 is 19.8 Å². The molecule has 0 aromatic carbocycles. The van der Waals surface area contributed by atoms with Gasteiger partial charge in [-0.05, 0) is 51.8 Å². The molecule has 0 saturated carbocycles. The van der Waals surface area contributed by atoms with Crippen molar-refractivity contribution in [1.29, 1.82) is 0 Å². The summed E-state index contributed by atoms with van der Waals surface area (Å²) in [7, 11) is 0. The minimum Gasteiger partial charge on any atom is -0.481 e. The summed E-state index contributed by atoms with van der Waals surface area (Å²) in [4.78, 5) is 25.1. The Morgan fingerprint density at radius 1 is 0.484 bits per heavy atom. The third-order valence-corrected chi connectivity index (χ3v) is 6.50. The van der Waals surface area contributed by atoms with Gasteiger partial charge < -0.3 is 10.2 Å². The fraction of sp³-hybridized carbons (Fsp3) is 0.926. The van der Waals surface area contributed by atoms with E-state index < -0.39 is 45.4 Å². The van der Waals surface area contributed by atoms with Crippen LogP contribution in [0.4, 0.5) is 0 Å². The molecule has 0 aromatic rings. The molecule has 0 aliphatic heterocycles. The summed E-state index contributed by atoms with van der Waals surface area (Å²) in [6.07, 6.45) is 2.08. The van der Waals surface area contributed by atoms with E-state index in [4.69, 9.17) is 0 Å². The lowest BCUT2D eigenvalue weighted by atomic mass is 9.52. The summed E-state index contributed by atoms with van der Waals surface area (Å²) in [6.45, 7) is 29.0. The van der Waals surface area contributed by atoms with Crippen LogP contribution in [0.2, 0.25) is 0 Å². The molecule has 0 fully saturated rings. The molecule has 0 amide bonds. The zero-order chi connectivity index (χ0) is 25.4. The molecular formula is C27H52O4. The number of carbonyl (C=O) groups is 2. The minimum absolute atomic E-state index is 0.00109. The van der Waals surface area contributed by atoms with Crippen LogP contribution in [-0.2, 0) is 9.59 Å². The van der Waals surface area contributed by atoms with E-state index in [1.807, 2.05) is 55.4 Å². The van der Waals surface area contributed by atoms with E-state index in [1.54, 1.807) is 0 Å². The van der Waals surface area contributed by atoms with Crippen LogP contribution in [0.3, 0.4) is 0 Å². The Labute approximate surface area is 192 Å². The fourth-order valence-corrected chi connectivity index (χ4v) is 7.77. The number of aliphatic carboxylic acids is 2. The molecule has 0 rings (SSSR count). The zero-order valence-corrected chi connectivity index (χ0v) is 23.0. The molecule has 4 nitrogen and oxygen atoms in total. The Hall–Kier alpha value is -1.06. The van der Waals surface area contributed by atoms with Crippen molar-refractivity contribution >= 4 is 11.9 Å². The zero-order valence-electron chi connectivity index (χ0n) is 23.0. The highest BCUT2D eigenvalue weighted by Crippen LogP contribution is 2.55. The molecule has 2 N–H and O–H groups in total. The second kappa shape index (κ2) is 9.06. The first-order chi connectivity index (χ1) is 13.3. The summed E-state index contributed by atoms with van der Waals surface area (Å²) in [5.41, 5.74) is -2.00. The maximum absolute atomic E-state index is 12.5. The summed E-state index contributed by atoms with van der Waals surface area (Å²) in [6, 6.07) is 0. The lowest BCUT2D eigenvalue weighted by Gasteiger charge is -2.51. The van der Waals surface area contributed by atoms with Crippen LogP contribution >= 0.6 is 0 Å². The molecule has 0 aliphatic rings. The normalized spacial score (nSPS) is 16.7. The molecule has 2 atom stereocenters. The van der Waals surface area contributed by atoms with Gasteiger partial charge in [0.05, 0.1) is 11.8 Å². The van der Waals surface area contributed by atoms with Gasteiger partial charge in [-0.1, -0.05) is 96.9 Å². The standard InChI is InChI=1S/C27H52O4/c1-22(2,3)15-24(7,8)18(20(28)29)26(11,12)17-27(13,14)19(21(30)31)25(9,10)16-23(4,5)6/h18-19H,15-17H2,1-14H3,(H,28,29)(H,30,31). The third-order valence-electron chi connectivity index (χ3n) is 6.50. The number of carboxylic acid groups (broad SMARTS) is 2. The number of carboxylic acids is 2. The summed E-state index contributed by atoms with van der Waals surface area (Å²) >= 11 is 0. The average molecular weight is 441 g/mol. The molecule has 184 valence electrons. The van der Waals surface area contributed by atoms with Crippen molar-refractivity contribution in [3.63, 3.8) is 0 Å². The molecule has 0 aromatic heterocycles. The summed E-state index contributed by atoms with van der Waals surface area (Å²) < 4.78 is 0. The van der Waals surface area contributed by atoms with Crippen LogP contribution in [0.5, 0.6) is 0 Å². The Morgan fingerprint density at radius 3 is 0.839 bits per heavy atom. The number of hydrogen-bond donors (Lipinski definition) is 2. The first-order valence-electron chi connectivity index (χ1n) is 11.7. The quantitative estimate of drug-likeness (QED) is 0.364. The summed E-state index contributed by atoms with van der Waals surface area (Å²) in [5, 5.41) is 20.6. The van der Waals surface area contributed by atoms with Crippen molar-refractivity contribution in [1.82, 2.24) is 0 Å². The average Bonchev–Trinajstić information content (AvgIpc) is 2.25. The molecule has 0 spiro atoms. The first-order valence-corrected chi connectivity index (χ1v) is 11.7. The van der Waals surface area contributed by atoms with E-state index in [9.17, 15) is 19.8 Å². The second-order valence-electron chi connectivity index (χ2n) is 15.1. The fourth-order valence-electron chi connectivity index (χ4n) is 7.77. The van der Waals surface area contributed by atoms with Gasteiger partial charge in [-0.25, -0.2) is 0 Å². The first kappa shape index (κ1) is 29.9.